The van der Waals surface area contributed by atoms with Gasteiger partial charge in [0.25, 0.3) is 0 Å². The Bertz CT molecular complexity index is 632. The summed E-state index contributed by atoms with van der Waals surface area (Å²) in [6.07, 6.45) is 0.793. The topological polar surface area (TPSA) is 71.6 Å². The van der Waals surface area contributed by atoms with Crippen LogP contribution in [0.4, 0.5) is 4.39 Å². The summed E-state index contributed by atoms with van der Waals surface area (Å²) in [5, 5.41) is 13.9. The fourth-order valence-corrected chi connectivity index (χ4v) is 2.91. The summed E-state index contributed by atoms with van der Waals surface area (Å²) < 4.78 is 23.3. The molecule has 0 saturated carbocycles. The number of hydrogen-bond acceptors (Lipinski definition) is 6. The molecule has 23 heavy (non-hydrogen) atoms. The van der Waals surface area contributed by atoms with Crippen LogP contribution in [0.2, 0.25) is 0 Å². The molecule has 6 nitrogen and oxygen atoms in total. The van der Waals surface area contributed by atoms with Crippen molar-refractivity contribution in [2.24, 2.45) is 0 Å². The molecule has 7 heteroatoms. The number of likely N-dealkylation sites (tertiary alicyclic amines) is 1. The van der Waals surface area contributed by atoms with Crippen molar-refractivity contribution < 1.29 is 18.8 Å². The molecule has 0 radical (unpaired) electrons. The minimum Gasteiger partial charge on any atom is -0.392 e. The molecular weight excluding hydrogens is 301 g/mol. The van der Waals surface area contributed by atoms with Crippen LogP contribution >= 0.6 is 0 Å². The van der Waals surface area contributed by atoms with Crippen LogP contribution in [0.15, 0.2) is 28.8 Å². The molecule has 2 atom stereocenters. The fourth-order valence-electron chi connectivity index (χ4n) is 2.91. The molecule has 1 saturated heterocycles. The second-order valence-electron chi connectivity index (χ2n) is 5.73. The Balaban J connectivity index is 1.69. The van der Waals surface area contributed by atoms with Crippen molar-refractivity contribution in [1.82, 2.24) is 15.0 Å². The SMILES string of the molecule is COCCc1noc(CN2CC(O)CC2c2ccc(F)cc2)n1. The first-order chi connectivity index (χ1) is 11.2. The van der Waals surface area contributed by atoms with E-state index in [2.05, 4.69) is 15.0 Å². The Morgan fingerprint density at radius 3 is 2.91 bits per heavy atom. The molecule has 2 heterocycles. The van der Waals surface area contributed by atoms with E-state index in [1.54, 1.807) is 19.2 Å². The summed E-state index contributed by atoms with van der Waals surface area (Å²) >= 11 is 0. The first-order valence-corrected chi connectivity index (χ1v) is 7.63. The molecular formula is C16H20FN3O3. The third-order valence-electron chi connectivity index (χ3n) is 4.01. The van der Waals surface area contributed by atoms with Crippen LogP contribution in [0.5, 0.6) is 0 Å². The van der Waals surface area contributed by atoms with E-state index in [0.29, 0.717) is 44.3 Å². The van der Waals surface area contributed by atoms with E-state index in [1.165, 1.54) is 12.1 Å². The number of ether oxygens (including phenoxy) is 1. The standard InChI is InChI=1S/C16H20FN3O3/c1-22-7-6-15-18-16(23-19-15)10-20-9-13(21)8-14(20)11-2-4-12(17)5-3-11/h2-5,13-14,21H,6-10H2,1H3. The maximum absolute atomic E-state index is 13.1. The van der Waals surface area contributed by atoms with Gasteiger partial charge in [-0.05, 0) is 24.1 Å². The summed E-state index contributed by atoms with van der Waals surface area (Å²) in [5.41, 5.74) is 0.974. The van der Waals surface area contributed by atoms with Crippen molar-refractivity contribution in [1.29, 1.82) is 0 Å². The summed E-state index contributed by atoms with van der Waals surface area (Å²) in [4.78, 5) is 6.41. The fraction of sp³-hybridized carbons (Fsp3) is 0.500. The maximum Gasteiger partial charge on any atom is 0.240 e. The van der Waals surface area contributed by atoms with Crippen molar-refractivity contribution in [3.8, 4) is 0 Å². The number of aromatic nitrogens is 2. The molecule has 0 spiro atoms. The van der Waals surface area contributed by atoms with E-state index < -0.39 is 6.10 Å². The lowest BCUT2D eigenvalue weighted by Crippen LogP contribution is -2.24. The van der Waals surface area contributed by atoms with Gasteiger partial charge in [-0.1, -0.05) is 17.3 Å². The predicted octanol–water partition coefficient (Wildman–Crippen LogP) is 1.71. The van der Waals surface area contributed by atoms with Crippen molar-refractivity contribution in [3.05, 3.63) is 47.4 Å². The number of rotatable bonds is 6. The predicted molar refractivity (Wildman–Crippen MR) is 80.1 cm³/mol. The van der Waals surface area contributed by atoms with Crippen molar-refractivity contribution in [2.45, 2.75) is 31.5 Å². The minimum atomic E-state index is -0.416. The van der Waals surface area contributed by atoms with Crippen molar-refractivity contribution in [3.63, 3.8) is 0 Å². The van der Waals surface area contributed by atoms with Crippen LogP contribution in [-0.4, -0.2) is 46.5 Å². The minimum absolute atomic E-state index is 0.0138. The Morgan fingerprint density at radius 2 is 2.17 bits per heavy atom. The van der Waals surface area contributed by atoms with Crippen LogP contribution in [0.25, 0.3) is 0 Å². The van der Waals surface area contributed by atoms with Gasteiger partial charge in [-0.2, -0.15) is 4.98 Å². The first-order valence-electron chi connectivity index (χ1n) is 7.63. The van der Waals surface area contributed by atoms with Gasteiger partial charge in [0.15, 0.2) is 5.82 Å². The van der Waals surface area contributed by atoms with Gasteiger partial charge in [0.05, 0.1) is 19.3 Å². The number of hydrogen-bond donors (Lipinski definition) is 1. The summed E-state index contributed by atoms with van der Waals surface area (Å²) in [5.74, 6) is 0.857. The summed E-state index contributed by atoms with van der Waals surface area (Å²) in [7, 11) is 1.62. The lowest BCUT2D eigenvalue weighted by atomic mass is 10.0. The molecule has 1 aromatic heterocycles. The zero-order chi connectivity index (χ0) is 16.2. The average Bonchev–Trinajstić information content (AvgIpc) is 3.13. The second kappa shape index (κ2) is 7.16. The first kappa shape index (κ1) is 16.0. The van der Waals surface area contributed by atoms with E-state index in [1.807, 2.05) is 0 Å². The normalized spacial score (nSPS) is 21.9. The molecule has 3 rings (SSSR count). The molecule has 1 aliphatic heterocycles. The molecule has 0 bridgehead atoms. The van der Waals surface area contributed by atoms with Gasteiger partial charge in [0, 0.05) is 26.1 Å². The zero-order valence-electron chi connectivity index (χ0n) is 13.0. The van der Waals surface area contributed by atoms with Gasteiger partial charge in [-0.25, -0.2) is 4.39 Å². The van der Waals surface area contributed by atoms with E-state index in [-0.39, 0.29) is 11.9 Å². The summed E-state index contributed by atoms with van der Waals surface area (Å²) in [6.45, 7) is 1.52. The molecule has 1 fully saturated rings. The number of nitrogens with zero attached hydrogens (tertiary/aromatic N) is 3. The zero-order valence-corrected chi connectivity index (χ0v) is 13.0. The molecule has 2 unspecified atom stereocenters. The number of benzene rings is 1. The van der Waals surface area contributed by atoms with Crippen LogP contribution in [0.3, 0.4) is 0 Å². The second-order valence-corrected chi connectivity index (χ2v) is 5.73. The van der Waals surface area contributed by atoms with Gasteiger partial charge >= 0.3 is 0 Å². The third-order valence-corrected chi connectivity index (χ3v) is 4.01. The molecule has 0 aliphatic carbocycles. The molecule has 1 N–H and O–H groups in total. The van der Waals surface area contributed by atoms with Crippen LogP contribution in [0.1, 0.15) is 29.7 Å². The number of aliphatic hydroxyl groups excluding tert-OH is 1. The highest BCUT2D eigenvalue weighted by molar-refractivity contribution is 5.21. The lowest BCUT2D eigenvalue weighted by molar-refractivity contribution is 0.164. The van der Waals surface area contributed by atoms with E-state index in [4.69, 9.17) is 9.26 Å². The van der Waals surface area contributed by atoms with Gasteiger partial charge in [0.2, 0.25) is 5.89 Å². The Kier molecular flexibility index (Phi) is 5.00. The highest BCUT2D eigenvalue weighted by Gasteiger charge is 2.33. The lowest BCUT2D eigenvalue weighted by Gasteiger charge is -2.22. The number of halogens is 1. The van der Waals surface area contributed by atoms with Crippen LogP contribution < -0.4 is 0 Å². The molecule has 0 amide bonds. The van der Waals surface area contributed by atoms with E-state index >= 15 is 0 Å². The number of β-amino-alcohol motifs (C(OH)–C–C–N with tert-alkyl or cyclic N) is 1. The smallest absolute Gasteiger partial charge is 0.240 e. The molecule has 1 aliphatic rings. The van der Waals surface area contributed by atoms with Crippen molar-refractivity contribution >= 4 is 0 Å². The number of methoxy groups -OCH3 is 1. The maximum atomic E-state index is 13.1. The highest BCUT2D eigenvalue weighted by Crippen LogP contribution is 2.33. The summed E-state index contributed by atoms with van der Waals surface area (Å²) in [6, 6.07) is 6.40. The molecule has 1 aromatic carbocycles. The van der Waals surface area contributed by atoms with Gasteiger partial charge < -0.3 is 14.4 Å². The van der Waals surface area contributed by atoms with Gasteiger partial charge in [0.1, 0.15) is 5.82 Å². The Hall–Kier alpha value is -1.83. The quantitative estimate of drug-likeness (QED) is 0.873. The van der Waals surface area contributed by atoms with Crippen LogP contribution in [0, 0.1) is 5.82 Å². The number of aliphatic hydroxyl groups is 1. The third kappa shape index (κ3) is 3.93. The molecule has 2 aromatic rings. The van der Waals surface area contributed by atoms with E-state index in [0.717, 1.165) is 5.56 Å². The Labute approximate surface area is 133 Å². The highest BCUT2D eigenvalue weighted by atomic mass is 19.1. The van der Waals surface area contributed by atoms with Gasteiger partial charge in [-0.3, -0.25) is 4.90 Å². The van der Waals surface area contributed by atoms with E-state index in [9.17, 15) is 9.50 Å². The van der Waals surface area contributed by atoms with Gasteiger partial charge in [-0.15, -0.1) is 0 Å². The monoisotopic (exact) mass is 321 g/mol. The Morgan fingerprint density at radius 1 is 1.39 bits per heavy atom. The van der Waals surface area contributed by atoms with Crippen molar-refractivity contribution in [2.75, 3.05) is 20.3 Å². The molecule has 124 valence electrons. The average molecular weight is 321 g/mol. The van der Waals surface area contributed by atoms with Crippen LogP contribution in [-0.2, 0) is 17.7 Å². The largest absolute Gasteiger partial charge is 0.392 e.